The Hall–Kier alpha value is -1.03. The fourth-order valence-electron chi connectivity index (χ4n) is 1.68. The average molecular weight is 274 g/mol. The van der Waals surface area contributed by atoms with E-state index in [1.807, 2.05) is 18.2 Å². The van der Waals surface area contributed by atoms with Crippen molar-refractivity contribution in [2.75, 3.05) is 20.4 Å². The normalized spacial score (nSPS) is 11.3. The van der Waals surface area contributed by atoms with E-state index in [0.29, 0.717) is 17.9 Å². The van der Waals surface area contributed by atoms with Crippen LogP contribution in [0.3, 0.4) is 0 Å². The highest BCUT2D eigenvalue weighted by atomic mass is 31.2. The zero-order chi connectivity index (χ0) is 13.6. The monoisotopic (exact) mass is 274 g/mol. The van der Waals surface area contributed by atoms with Gasteiger partial charge in [-0.2, -0.15) is 0 Å². The Morgan fingerprint density at radius 3 is 2.33 bits per heavy atom. The lowest BCUT2D eigenvalue weighted by atomic mass is 10.1. The number of rotatable bonds is 7. The van der Waals surface area contributed by atoms with Crippen LogP contribution in [0, 0.1) is 0 Å². The summed E-state index contributed by atoms with van der Waals surface area (Å²) < 4.78 is 21.0. The molecular weight excluding hydrogens is 255 g/mol. The van der Waals surface area contributed by atoms with Gasteiger partial charge in [0.15, 0.2) is 11.5 Å². The van der Waals surface area contributed by atoms with Crippen molar-refractivity contribution in [1.29, 1.82) is 0 Å². The summed E-state index contributed by atoms with van der Waals surface area (Å²) in [6.07, 6.45) is 1.96. The molecule has 0 amide bonds. The fourth-order valence-corrected chi connectivity index (χ4v) is 2.32. The van der Waals surface area contributed by atoms with E-state index in [2.05, 4.69) is 0 Å². The molecule has 0 aliphatic heterocycles. The molecule has 0 aromatic heterocycles. The van der Waals surface area contributed by atoms with Gasteiger partial charge in [0.05, 0.1) is 14.2 Å². The molecule has 1 rings (SSSR count). The molecule has 5 nitrogen and oxygen atoms in total. The molecule has 102 valence electrons. The molecule has 6 heteroatoms. The van der Waals surface area contributed by atoms with Crippen LogP contribution in [0.5, 0.6) is 11.5 Å². The van der Waals surface area contributed by atoms with Crippen LogP contribution in [-0.2, 0) is 11.0 Å². The summed E-state index contributed by atoms with van der Waals surface area (Å²) in [5.41, 5.74) is 1.07. The Morgan fingerprint density at radius 2 is 1.78 bits per heavy atom. The average Bonchev–Trinajstić information content (AvgIpc) is 2.33. The van der Waals surface area contributed by atoms with Gasteiger partial charge in [-0.05, 0) is 37.0 Å². The predicted octanol–water partition coefficient (Wildman–Crippen LogP) is 2.20. The first-order valence-corrected chi connectivity index (χ1v) is 7.51. The maximum absolute atomic E-state index is 10.7. The lowest BCUT2D eigenvalue weighted by molar-refractivity contribution is 0.354. The van der Waals surface area contributed by atoms with Gasteiger partial charge in [0.1, 0.15) is 0 Å². The quantitative estimate of drug-likeness (QED) is 0.589. The number of hydrogen-bond donors (Lipinski definition) is 2. The third-order valence-corrected chi connectivity index (χ3v) is 3.51. The fraction of sp³-hybridized carbons (Fsp3) is 0.500. The van der Waals surface area contributed by atoms with Gasteiger partial charge < -0.3 is 19.3 Å². The van der Waals surface area contributed by atoms with Gasteiger partial charge in [-0.3, -0.25) is 4.57 Å². The maximum Gasteiger partial charge on any atom is 0.325 e. The highest BCUT2D eigenvalue weighted by Gasteiger charge is 2.11. The summed E-state index contributed by atoms with van der Waals surface area (Å²) >= 11 is 0. The van der Waals surface area contributed by atoms with Gasteiger partial charge in [0.2, 0.25) is 0 Å². The van der Waals surface area contributed by atoms with Crippen LogP contribution in [0.1, 0.15) is 18.4 Å². The standard InChI is InChI=1S/C12H19O5P/c1-16-11-7-6-10(9-12(11)17-2)5-3-4-8-18(13,14)15/h6-7,9H,3-5,8H2,1-2H3,(H2,13,14,15). The largest absolute Gasteiger partial charge is 0.493 e. The van der Waals surface area contributed by atoms with Gasteiger partial charge in [0.25, 0.3) is 0 Å². The maximum atomic E-state index is 10.7. The van der Waals surface area contributed by atoms with Gasteiger partial charge >= 0.3 is 7.60 Å². The first-order chi connectivity index (χ1) is 8.46. The van der Waals surface area contributed by atoms with Crippen LogP contribution >= 0.6 is 7.60 Å². The highest BCUT2D eigenvalue weighted by Crippen LogP contribution is 2.35. The molecule has 18 heavy (non-hydrogen) atoms. The molecule has 0 bridgehead atoms. The van der Waals surface area contributed by atoms with Crippen LogP contribution < -0.4 is 9.47 Å². The summed E-state index contributed by atoms with van der Waals surface area (Å²) in [7, 11) is -0.700. The molecule has 0 heterocycles. The summed E-state index contributed by atoms with van der Waals surface area (Å²) in [5.74, 6) is 1.35. The van der Waals surface area contributed by atoms with Crippen molar-refractivity contribution in [2.45, 2.75) is 19.3 Å². The van der Waals surface area contributed by atoms with E-state index in [-0.39, 0.29) is 6.16 Å². The van der Waals surface area contributed by atoms with Crippen LogP contribution in [0.2, 0.25) is 0 Å². The van der Waals surface area contributed by atoms with Crippen molar-refractivity contribution in [3.63, 3.8) is 0 Å². The molecule has 2 N–H and O–H groups in total. The van der Waals surface area contributed by atoms with E-state index in [9.17, 15) is 4.57 Å². The Morgan fingerprint density at radius 1 is 1.11 bits per heavy atom. The smallest absolute Gasteiger partial charge is 0.325 e. The Bertz CT molecular complexity index is 426. The van der Waals surface area contributed by atoms with E-state index in [4.69, 9.17) is 19.3 Å². The van der Waals surface area contributed by atoms with E-state index >= 15 is 0 Å². The van der Waals surface area contributed by atoms with Crippen molar-refractivity contribution < 1.29 is 23.8 Å². The van der Waals surface area contributed by atoms with Crippen molar-refractivity contribution in [2.24, 2.45) is 0 Å². The molecule has 0 spiro atoms. The molecule has 0 fully saturated rings. The van der Waals surface area contributed by atoms with Gasteiger partial charge in [-0.1, -0.05) is 6.07 Å². The summed E-state index contributed by atoms with van der Waals surface area (Å²) in [6.45, 7) is 0. The van der Waals surface area contributed by atoms with Gasteiger partial charge in [-0.25, -0.2) is 0 Å². The minimum absolute atomic E-state index is 0.0553. The second-order valence-electron chi connectivity index (χ2n) is 4.03. The topological polar surface area (TPSA) is 76.0 Å². The lowest BCUT2D eigenvalue weighted by Gasteiger charge is -2.09. The van der Waals surface area contributed by atoms with Crippen LogP contribution in [0.25, 0.3) is 0 Å². The first kappa shape index (κ1) is 15.0. The number of ether oxygens (including phenoxy) is 2. The van der Waals surface area contributed by atoms with E-state index in [1.54, 1.807) is 14.2 Å². The van der Waals surface area contributed by atoms with Gasteiger partial charge in [0, 0.05) is 6.16 Å². The highest BCUT2D eigenvalue weighted by molar-refractivity contribution is 7.51. The molecular formula is C12H19O5P. The minimum atomic E-state index is -3.86. The van der Waals surface area contributed by atoms with Crippen LogP contribution in [0.4, 0.5) is 0 Å². The number of unbranched alkanes of at least 4 members (excludes halogenated alkanes) is 1. The van der Waals surface area contributed by atoms with E-state index < -0.39 is 7.60 Å². The van der Waals surface area contributed by atoms with Crippen molar-refractivity contribution >= 4 is 7.60 Å². The zero-order valence-electron chi connectivity index (χ0n) is 10.6. The molecule has 0 unspecified atom stereocenters. The molecule has 0 saturated carbocycles. The van der Waals surface area contributed by atoms with Crippen LogP contribution in [-0.4, -0.2) is 30.2 Å². The SMILES string of the molecule is COc1ccc(CCCCP(=O)(O)O)cc1OC. The van der Waals surface area contributed by atoms with Crippen molar-refractivity contribution in [1.82, 2.24) is 0 Å². The second-order valence-corrected chi connectivity index (χ2v) is 5.81. The van der Waals surface area contributed by atoms with E-state index in [1.165, 1.54) is 0 Å². The minimum Gasteiger partial charge on any atom is -0.493 e. The summed E-state index contributed by atoms with van der Waals surface area (Å²) in [5, 5.41) is 0. The van der Waals surface area contributed by atoms with Crippen molar-refractivity contribution in [3.05, 3.63) is 23.8 Å². The molecule has 0 radical (unpaired) electrons. The molecule has 0 saturated heterocycles. The number of hydrogen-bond acceptors (Lipinski definition) is 3. The Balaban J connectivity index is 2.50. The molecule has 0 atom stereocenters. The lowest BCUT2D eigenvalue weighted by Crippen LogP contribution is -1.94. The third kappa shape index (κ3) is 5.08. The van der Waals surface area contributed by atoms with E-state index in [0.717, 1.165) is 18.4 Å². The zero-order valence-corrected chi connectivity index (χ0v) is 11.5. The summed E-state index contributed by atoms with van der Waals surface area (Å²) in [6, 6.07) is 5.65. The third-order valence-electron chi connectivity index (χ3n) is 2.61. The molecule has 1 aromatic carbocycles. The number of methoxy groups -OCH3 is 2. The number of benzene rings is 1. The first-order valence-electron chi connectivity index (χ1n) is 5.72. The Kier molecular flexibility index (Phi) is 5.66. The van der Waals surface area contributed by atoms with Crippen LogP contribution in [0.15, 0.2) is 18.2 Å². The molecule has 0 aliphatic carbocycles. The number of aryl methyl sites for hydroxylation is 1. The summed E-state index contributed by atoms with van der Waals surface area (Å²) in [4.78, 5) is 17.5. The second kappa shape index (κ2) is 6.78. The molecule has 1 aromatic rings. The Labute approximate surface area is 107 Å². The molecule has 0 aliphatic rings. The predicted molar refractivity (Wildman–Crippen MR) is 69.4 cm³/mol. The van der Waals surface area contributed by atoms with Crippen molar-refractivity contribution in [3.8, 4) is 11.5 Å². The van der Waals surface area contributed by atoms with Gasteiger partial charge in [-0.15, -0.1) is 0 Å².